The van der Waals surface area contributed by atoms with Crippen molar-refractivity contribution in [1.29, 1.82) is 0 Å². The number of halogens is 2. The van der Waals surface area contributed by atoms with Gasteiger partial charge in [0, 0.05) is 10.9 Å². The Hall–Kier alpha value is -3.52. The highest BCUT2D eigenvalue weighted by molar-refractivity contribution is 9.10. The van der Waals surface area contributed by atoms with Crippen molar-refractivity contribution in [3.8, 4) is 11.5 Å². The second-order valence-corrected chi connectivity index (χ2v) is 8.38. The van der Waals surface area contributed by atoms with Crippen LogP contribution in [0, 0.1) is 5.82 Å². The summed E-state index contributed by atoms with van der Waals surface area (Å²) >= 11 is 3.40. The van der Waals surface area contributed by atoms with Crippen LogP contribution in [0.5, 0.6) is 11.5 Å². The van der Waals surface area contributed by atoms with Crippen LogP contribution in [0.3, 0.4) is 0 Å². The van der Waals surface area contributed by atoms with Crippen LogP contribution in [-0.4, -0.2) is 22.5 Å². The average Bonchev–Trinajstić information content (AvgIpc) is 2.83. The van der Waals surface area contributed by atoms with Gasteiger partial charge in [-0.25, -0.2) is 9.37 Å². The SMILES string of the molecule is CCOc1cc(C=Nn2c(CC)nc3ccc(Br)cc3c2=O)ccc1OCc1cccc(F)c1. The predicted molar refractivity (Wildman–Crippen MR) is 134 cm³/mol. The van der Waals surface area contributed by atoms with Crippen LogP contribution in [0.4, 0.5) is 4.39 Å². The van der Waals surface area contributed by atoms with Crippen molar-refractivity contribution in [2.24, 2.45) is 5.10 Å². The van der Waals surface area contributed by atoms with Crippen molar-refractivity contribution in [3.63, 3.8) is 0 Å². The van der Waals surface area contributed by atoms with Crippen molar-refractivity contribution in [1.82, 2.24) is 9.66 Å². The lowest BCUT2D eigenvalue weighted by molar-refractivity contribution is 0.269. The molecule has 0 aliphatic rings. The van der Waals surface area contributed by atoms with E-state index in [0.717, 1.165) is 15.6 Å². The fourth-order valence-corrected chi connectivity index (χ4v) is 3.81. The molecule has 1 heterocycles. The molecule has 6 nitrogen and oxygen atoms in total. The van der Waals surface area contributed by atoms with Crippen LogP contribution in [0.1, 0.15) is 30.8 Å². The van der Waals surface area contributed by atoms with Gasteiger partial charge in [0.2, 0.25) is 0 Å². The highest BCUT2D eigenvalue weighted by Crippen LogP contribution is 2.29. The van der Waals surface area contributed by atoms with Gasteiger partial charge in [-0.3, -0.25) is 4.79 Å². The number of benzene rings is 3. The first-order valence-corrected chi connectivity index (χ1v) is 11.7. The van der Waals surface area contributed by atoms with E-state index in [0.29, 0.717) is 41.3 Å². The molecule has 174 valence electrons. The Bertz CT molecular complexity index is 1420. The third-order valence-corrected chi connectivity index (χ3v) is 5.56. The number of aromatic nitrogens is 2. The molecular formula is C26H23BrFN3O3. The maximum atomic E-state index is 13.4. The molecule has 0 radical (unpaired) electrons. The Morgan fingerprint density at radius 3 is 2.68 bits per heavy atom. The predicted octanol–water partition coefficient (Wildman–Crippen LogP) is 5.72. The molecule has 1 aromatic heterocycles. The number of hydrogen-bond donors (Lipinski definition) is 0. The minimum Gasteiger partial charge on any atom is -0.490 e. The topological polar surface area (TPSA) is 65.7 Å². The summed E-state index contributed by atoms with van der Waals surface area (Å²) in [6.45, 7) is 4.46. The van der Waals surface area contributed by atoms with Crippen molar-refractivity contribution in [2.75, 3.05) is 6.61 Å². The number of aryl methyl sites for hydroxylation is 1. The van der Waals surface area contributed by atoms with Crippen LogP contribution in [-0.2, 0) is 13.0 Å². The number of hydrogen-bond acceptors (Lipinski definition) is 5. The van der Waals surface area contributed by atoms with Gasteiger partial charge >= 0.3 is 0 Å². The molecule has 0 aliphatic heterocycles. The molecule has 0 bridgehead atoms. The van der Waals surface area contributed by atoms with Crippen LogP contribution < -0.4 is 15.0 Å². The monoisotopic (exact) mass is 523 g/mol. The molecule has 4 rings (SSSR count). The lowest BCUT2D eigenvalue weighted by atomic mass is 10.2. The van der Waals surface area contributed by atoms with Crippen LogP contribution >= 0.6 is 15.9 Å². The minimum absolute atomic E-state index is 0.207. The van der Waals surface area contributed by atoms with Gasteiger partial charge in [0.1, 0.15) is 18.2 Å². The molecule has 0 amide bonds. The lowest BCUT2D eigenvalue weighted by Crippen LogP contribution is -2.22. The molecule has 0 saturated carbocycles. The summed E-state index contributed by atoms with van der Waals surface area (Å²) in [5.74, 6) is 1.32. The van der Waals surface area contributed by atoms with E-state index < -0.39 is 0 Å². The molecule has 0 N–H and O–H groups in total. The van der Waals surface area contributed by atoms with E-state index in [1.165, 1.54) is 16.8 Å². The molecule has 0 spiro atoms. The molecular weight excluding hydrogens is 501 g/mol. The average molecular weight is 524 g/mol. The fraction of sp³-hybridized carbons (Fsp3) is 0.192. The smallest absolute Gasteiger partial charge is 0.282 e. The summed E-state index contributed by atoms with van der Waals surface area (Å²) in [6, 6.07) is 17.0. The van der Waals surface area contributed by atoms with E-state index in [4.69, 9.17) is 9.47 Å². The molecule has 0 atom stereocenters. The van der Waals surface area contributed by atoms with Crippen molar-refractivity contribution >= 4 is 33.0 Å². The first kappa shape index (κ1) is 23.6. The Kier molecular flexibility index (Phi) is 7.37. The zero-order chi connectivity index (χ0) is 24.1. The van der Waals surface area contributed by atoms with E-state index in [2.05, 4.69) is 26.0 Å². The Balaban J connectivity index is 1.63. The second-order valence-electron chi connectivity index (χ2n) is 7.46. The number of rotatable bonds is 8. The first-order chi connectivity index (χ1) is 16.5. The Labute approximate surface area is 204 Å². The zero-order valence-electron chi connectivity index (χ0n) is 18.8. The normalized spacial score (nSPS) is 11.3. The molecule has 4 aromatic rings. The zero-order valence-corrected chi connectivity index (χ0v) is 20.4. The molecule has 0 fully saturated rings. The molecule has 0 aliphatic carbocycles. The number of fused-ring (bicyclic) bond motifs is 1. The van der Waals surface area contributed by atoms with E-state index in [1.54, 1.807) is 36.5 Å². The van der Waals surface area contributed by atoms with Gasteiger partial charge in [-0.05, 0) is 66.6 Å². The third kappa shape index (κ3) is 5.34. The fourth-order valence-electron chi connectivity index (χ4n) is 3.45. The van der Waals surface area contributed by atoms with Gasteiger partial charge in [-0.2, -0.15) is 9.78 Å². The second kappa shape index (κ2) is 10.6. The molecule has 3 aromatic carbocycles. The standard InChI is InChI=1S/C26H23BrFN3O3/c1-3-25-30-22-10-9-19(27)14-21(22)26(32)31(25)29-15-17-8-11-23(24(13-17)33-4-2)34-16-18-6-5-7-20(28)12-18/h5-15H,3-4,16H2,1-2H3. The largest absolute Gasteiger partial charge is 0.490 e. The summed E-state index contributed by atoms with van der Waals surface area (Å²) in [6.07, 6.45) is 2.14. The van der Waals surface area contributed by atoms with Crippen LogP contribution in [0.25, 0.3) is 10.9 Å². The van der Waals surface area contributed by atoms with Crippen molar-refractivity contribution in [2.45, 2.75) is 26.9 Å². The summed E-state index contributed by atoms with van der Waals surface area (Å²) in [4.78, 5) is 17.7. The number of ether oxygens (including phenoxy) is 2. The van der Waals surface area contributed by atoms with Crippen molar-refractivity contribution in [3.05, 3.63) is 98.3 Å². The molecule has 34 heavy (non-hydrogen) atoms. The summed E-state index contributed by atoms with van der Waals surface area (Å²) in [5.41, 5.74) is 1.84. The molecule has 0 unspecified atom stereocenters. The highest BCUT2D eigenvalue weighted by atomic mass is 79.9. The summed E-state index contributed by atoms with van der Waals surface area (Å²) in [7, 11) is 0. The maximum absolute atomic E-state index is 13.4. The Morgan fingerprint density at radius 1 is 1.06 bits per heavy atom. The number of nitrogens with zero attached hydrogens (tertiary/aromatic N) is 3. The van der Waals surface area contributed by atoms with E-state index in [1.807, 2.05) is 32.0 Å². The quantitative estimate of drug-likeness (QED) is 0.277. The summed E-state index contributed by atoms with van der Waals surface area (Å²) < 4.78 is 27.1. The van der Waals surface area contributed by atoms with Gasteiger partial charge < -0.3 is 9.47 Å². The van der Waals surface area contributed by atoms with Crippen LogP contribution in [0.2, 0.25) is 0 Å². The van der Waals surface area contributed by atoms with E-state index in [-0.39, 0.29) is 18.0 Å². The minimum atomic E-state index is -0.310. The van der Waals surface area contributed by atoms with Gasteiger partial charge in [0.05, 0.1) is 23.7 Å². The third-order valence-electron chi connectivity index (χ3n) is 5.06. The van der Waals surface area contributed by atoms with Gasteiger partial charge in [0.15, 0.2) is 11.5 Å². The Morgan fingerprint density at radius 2 is 1.91 bits per heavy atom. The van der Waals surface area contributed by atoms with Gasteiger partial charge in [0.25, 0.3) is 5.56 Å². The van der Waals surface area contributed by atoms with Crippen molar-refractivity contribution < 1.29 is 13.9 Å². The first-order valence-electron chi connectivity index (χ1n) is 10.9. The van der Waals surface area contributed by atoms with Gasteiger partial charge in [-0.1, -0.05) is 35.0 Å². The molecule has 0 saturated heterocycles. The van der Waals surface area contributed by atoms with Gasteiger partial charge in [-0.15, -0.1) is 0 Å². The highest BCUT2D eigenvalue weighted by Gasteiger charge is 2.11. The lowest BCUT2D eigenvalue weighted by Gasteiger charge is -2.13. The summed E-state index contributed by atoms with van der Waals surface area (Å²) in [5, 5.41) is 4.91. The maximum Gasteiger partial charge on any atom is 0.282 e. The van der Waals surface area contributed by atoms with Crippen LogP contribution in [0.15, 0.2) is 75.0 Å². The van der Waals surface area contributed by atoms with E-state index >= 15 is 0 Å². The molecule has 8 heteroatoms. The van der Waals surface area contributed by atoms with E-state index in [9.17, 15) is 9.18 Å².